The highest BCUT2D eigenvalue weighted by Crippen LogP contribution is 2.37. The predicted molar refractivity (Wildman–Crippen MR) is 110 cm³/mol. The first-order valence-electron chi connectivity index (χ1n) is 9.28. The highest BCUT2D eigenvalue weighted by molar-refractivity contribution is 5.64. The van der Waals surface area contributed by atoms with Gasteiger partial charge in [0.1, 0.15) is 24.7 Å². The molecule has 1 aliphatic carbocycles. The molecular weight excluding hydrogens is 372 g/mol. The van der Waals surface area contributed by atoms with Crippen LogP contribution >= 0.6 is 0 Å². The van der Waals surface area contributed by atoms with Gasteiger partial charge in [-0.3, -0.25) is 0 Å². The van der Waals surface area contributed by atoms with Crippen molar-refractivity contribution in [3.63, 3.8) is 0 Å². The second-order valence-electron chi connectivity index (χ2n) is 6.88. The Morgan fingerprint density at radius 2 is 1.52 bits per heavy atom. The summed E-state index contributed by atoms with van der Waals surface area (Å²) in [5.74, 6) is 0.977. The number of ether oxygens (including phenoxy) is 4. The second-order valence-corrected chi connectivity index (χ2v) is 6.88. The van der Waals surface area contributed by atoms with Crippen molar-refractivity contribution in [1.82, 2.24) is 0 Å². The van der Waals surface area contributed by atoms with Crippen molar-refractivity contribution in [2.75, 3.05) is 13.2 Å². The van der Waals surface area contributed by atoms with E-state index in [1.165, 1.54) is 17.7 Å². The first-order valence-corrected chi connectivity index (χ1v) is 9.28. The van der Waals surface area contributed by atoms with Crippen molar-refractivity contribution in [3.05, 3.63) is 78.6 Å². The fourth-order valence-corrected chi connectivity index (χ4v) is 2.87. The third-order valence-corrected chi connectivity index (χ3v) is 4.54. The van der Waals surface area contributed by atoms with E-state index in [0.29, 0.717) is 17.9 Å². The molecule has 29 heavy (non-hydrogen) atoms. The van der Waals surface area contributed by atoms with Crippen LogP contribution < -0.4 is 4.74 Å². The molecular formula is C23H26O6. The van der Waals surface area contributed by atoms with Crippen molar-refractivity contribution in [3.8, 4) is 5.75 Å². The molecule has 0 radical (unpaired) electrons. The van der Waals surface area contributed by atoms with Gasteiger partial charge in [0.15, 0.2) is 0 Å². The summed E-state index contributed by atoms with van der Waals surface area (Å²) in [6.07, 6.45) is 6.58. The second kappa shape index (κ2) is 10.3. The van der Waals surface area contributed by atoms with Crippen LogP contribution in [0.2, 0.25) is 0 Å². The molecule has 0 amide bonds. The van der Waals surface area contributed by atoms with Crippen LogP contribution in [0.25, 0.3) is 0 Å². The van der Waals surface area contributed by atoms with Gasteiger partial charge >= 0.3 is 12.3 Å². The van der Waals surface area contributed by atoms with Crippen LogP contribution in [0, 0.1) is 0 Å². The molecule has 0 fully saturated rings. The van der Waals surface area contributed by atoms with E-state index in [-0.39, 0.29) is 18.6 Å². The van der Waals surface area contributed by atoms with Crippen LogP contribution in [-0.2, 0) is 19.6 Å². The molecule has 0 saturated heterocycles. The molecule has 0 aromatic heterocycles. The summed E-state index contributed by atoms with van der Waals surface area (Å²) in [5, 5.41) is 0. The molecule has 0 N–H and O–H groups in total. The van der Waals surface area contributed by atoms with E-state index in [0.717, 1.165) is 12.0 Å². The fraction of sp³-hybridized carbons (Fsp3) is 0.304. The van der Waals surface area contributed by atoms with Crippen LogP contribution in [-0.4, -0.2) is 25.5 Å². The lowest BCUT2D eigenvalue weighted by atomic mass is 9.74. The maximum atomic E-state index is 11.5. The minimum absolute atomic E-state index is 0.100. The topological polar surface area (TPSA) is 71.1 Å². The van der Waals surface area contributed by atoms with Crippen molar-refractivity contribution in [1.29, 1.82) is 0 Å². The Morgan fingerprint density at radius 3 is 2.03 bits per heavy atom. The molecule has 0 spiro atoms. The Kier molecular flexibility index (Phi) is 7.83. The Balaban J connectivity index is 2.02. The summed E-state index contributed by atoms with van der Waals surface area (Å²) in [7, 11) is 0. The molecule has 2 rings (SSSR count). The Bertz CT molecular complexity index is 814. The highest BCUT2D eigenvalue weighted by atomic mass is 16.7. The molecule has 1 aromatic rings. The molecule has 154 valence electrons. The van der Waals surface area contributed by atoms with E-state index in [4.69, 9.17) is 18.9 Å². The average Bonchev–Trinajstić information content (AvgIpc) is 2.71. The average molecular weight is 398 g/mol. The monoisotopic (exact) mass is 398 g/mol. The van der Waals surface area contributed by atoms with Gasteiger partial charge in [0.05, 0.1) is 0 Å². The molecule has 0 aliphatic heterocycles. The smallest absolute Gasteiger partial charge is 0.430 e. The Hall–Kier alpha value is -3.28. The fourth-order valence-electron chi connectivity index (χ4n) is 2.87. The first kappa shape index (κ1) is 22.0. The molecule has 0 heterocycles. The lowest BCUT2D eigenvalue weighted by Crippen LogP contribution is -2.22. The molecule has 0 bridgehead atoms. The van der Waals surface area contributed by atoms with Gasteiger partial charge in [-0.2, -0.15) is 0 Å². The number of hydrogen-bond donors (Lipinski definition) is 0. The lowest BCUT2D eigenvalue weighted by Gasteiger charge is -2.30. The number of hydrogen-bond acceptors (Lipinski definition) is 6. The number of rotatable bonds is 8. The zero-order valence-corrected chi connectivity index (χ0v) is 16.8. The van der Waals surface area contributed by atoms with E-state index in [9.17, 15) is 9.59 Å². The van der Waals surface area contributed by atoms with Crippen molar-refractivity contribution < 1.29 is 28.5 Å². The molecule has 0 saturated carbocycles. The van der Waals surface area contributed by atoms with E-state index in [1.807, 2.05) is 18.2 Å². The molecule has 0 unspecified atom stereocenters. The van der Waals surface area contributed by atoms with Gasteiger partial charge in [-0.15, -0.1) is 0 Å². The summed E-state index contributed by atoms with van der Waals surface area (Å²) in [6, 6.07) is 7.30. The van der Waals surface area contributed by atoms with Gasteiger partial charge in [-0.1, -0.05) is 62.9 Å². The maximum Gasteiger partial charge on any atom is 0.514 e. The van der Waals surface area contributed by atoms with Gasteiger partial charge in [0.2, 0.25) is 0 Å². The largest absolute Gasteiger partial charge is 0.514 e. The molecule has 1 aromatic carbocycles. The molecule has 6 heteroatoms. The van der Waals surface area contributed by atoms with Crippen LogP contribution in [0.1, 0.15) is 32.3 Å². The van der Waals surface area contributed by atoms with E-state index < -0.39 is 12.3 Å². The zero-order chi connectivity index (χ0) is 21.3. The maximum absolute atomic E-state index is 11.5. The van der Waals surface area contributed by atoms with Gasteiger partial charge < -0.3 is 18.9 Å². The summed E-state index contributed by atoms with van der Waals surface area (Å²) in [6.45, 7) is 11.4. The van der Waals surface area contributed by atoms with Gasteiger partial charge in [-0.05, 0) is 30.2 Å². The van der Waals surface area contributed by atoms with Crippen LogP contribution in [0.4, 0.5) is 9.59 Å². The third-order valence-electron chi connectivity index (χ3n) is 4.54. The van der Waals surface area contributed by atoms with E-state index in [1.54, 1.807) is 18.2 Å². The third kappa shape index (κ3) is 6.38. The van der Waals surface area contributed by atoms with Crippen LogP contribution in [0.3, 0.4) is 0 Å². The summed E-state index contributed by atoms with van der Waals surface area (Å²) >= 11 is 0. The summed E-state index contributed by atoms with van der Waals surface area (Å²) < 4.78 is 19.9. The van der Waals surface area contributed by atoms with Gasteiger partial charge in [0, 0.05) is 11.8 Å². The van der Waals surface area contributed by atoms with E-state index in [2.05, 4.69) is 27.0 Å². The minimum atomic E-state index is -0.767. The van der Waals surface area contributed by atoms with Crippen molar-refractivity contribution in [2.24, 2.45) is 0 Å². The summed E-state index contributed by atoms with van der Waals surface area (Å²) in [4.78, 5) is 23.0. The lowest BCUT2D eigenvalue weighted by molar-refractivity contribution is 0.0839. The van der Waals surface area contributed by atoms with Crippen molar-refractivity contribution >= 4 is 12.3 Å². The molecule has 0 atom stereocenters. The van der Waals surface area contributed by atoms with Gasteiger partial charge in [-0.25, -0.2) is 9.59 Å². The Morgan fingerprint density at radius 1 is 0.931 bits per heavy atom. The van der Waals surface area contributed by atoms with E-state index >= 15 is 0 Å². The minimum Gasteiger partial charge on any atom is -0.430 e. The predicted octanol–water partition coefficient (Wildman–Crippen LogP) is 5.61. The standard InChI is InChI=1S/C23H26O6/c1-5-15-26-21(24)28-19-11-7-17(8-12-19)23(3,4)18-9-13-20(14-10-18)29-22(25)27-16-6-2/h5-9,11-13H,1-2,10,14-16H2,3-4H3. The quantitative estimate of drug-likeness (QED) is 0.322. The van der Waals surface area contributed by atoms with Crippen LogP contribution in [0.5, 0.6) is 5.75 Å². The number of allylic oxidation sites excluding steroid dienone is 4. The van der Waals surface area contributed by atoms with Crippen LogP contribution in [0.15, 0.2) is 73.1 Å². The summed E-state index contributed by atoms with van der Waals surface area (Å²) in [5.41, 5.74) is 2.02. The Labute approximate surface area is 171 Å². The number of carbonyl (C=O) groups is 2. The first-order chi connectivity index (χ1) is 13.9. The number of carbonyl (C=O) groups excluding carboxylic acids is 2. The van der Waals surface area contributed by atoms with Crippen molar-refractivity contribution in [2.45, 2.75) is 32.1 Å². The SMILES string of the molecule is C=CCOC(=O)OC1=CC=C(C(C)(C)c2ccc(OC(=O)OCC=C)cc2)CC1. The number of benzene rings is 1. The van der Waals surface area contributed by atoms with Gasteiger partial charge in [0.25, 0.3) is 0 Å². The zero-order valence-electron chi connectivity index (χ0n) is 16.8. The molecule has 1 aliphatic rings. The molecule has 6 nitrogen and oxygen atoms in total. The highest BCUT2D eigenvalue weighted by Gasteiger charge is 2.27. The normalized spacial score (nSPS) is 13.4.